The zero-order valence-corrected chi connectivity index (χ0v) is 11.6. The second kappa shape index (κ2) is 6.87. The van der Waals surface area contributed by atoms with Crippen molar-refractivity contribution in [2.45, 2.75) is 39.2 Å². The van der Waals surface area contributed by atoms with Crippen molar-refractivity contribution in [3.05, 3.63) is 29.3 Å². The van der Waals surface area contributed by atoms with Crippen LogP contribution in [0.2, 0.25) is 0 Å². The lowest BCUT2D eigenvalue weighted by atomic mass is 9.97. The summed E-state index contributed by atoms with van der Waals surface area (Å²) in [6.45, 7) is 6.81. The molecule has 96 valence electrons. The minimum absolute atomic E-state index is 0.310. The van der Waals surface area contributed by atoms with Gasteiger partial charge in [-0.3, -0.25) is 0 Å². The molecule has 0 radical (unpaired) electrons. The molecule has 1 rings (SSSR count). The van der Waals surface area contributed by atoms with Gasteiger partial charge in [0.05, 0.1) is 5.88 Å². The van der Waals surface area contributed by atoms with Crippen LogP contribution >= 0.6 is 11.6 Å². The van der Waals surface area contributed by atoms with E-state index in [1.165, 1.54) is 5.56 Å². The Morgan fingerprint density at radius 2 is 2.12 bits per heavy atom. The number of alkyl halides is 1. The van der Waals surface area contributed by atoms with Crippen molar-refractivity contribution in [1.82, 2.24) is 0 Å². The molecule has 2 nitrogen and oxygen atoms in total. The number of aryl methyl sites for hydroxylation is 1. The zero-order chi connectivity index (χ0) is 12.8. The van der Waals surface area contributed by atoms with Gasteiger partial charge in [-0.25, -0.2) is 0 Å². The maximum Gasteiger partial charge on any atom is 0.202 e. The highest BCUT2D eigenvalue weighted by Gasteiger charge is 2.10. The molecule has 0 aromatic heterocycles. The molecule has 1 aromatic carbocycles. The van der Waals surface area contributed by atoms with Crippen molar-refractivity contribution in [2.24, 2.45) is 0 Å². The molecule has 0 saturated heterocycles. The zero-order valence-electron chi connectivity index (χ0n) is 10.8. The number of rotatable bonds is 6. The van der Waals surface area contributed by atoms with Crippen LogP contribution in [0.25, 0.3) is 0 Å². The van der Waals surface area contributed by atoms with Crippen LogP contribution < -0.4 is 4.74 Å². The van der Waals surface area contributed by atoms with Gasteiger partial charge in [0.25, 0.3) is 0 Å². The highest BCUT2D eigenvalue weighted by atomic mass is 35.5. The molecule has 17 heavy (non-hydrogen) atoms. The van der Waals surface area contributed by atoms with Crippen LogP contribution in [0.1, 0.15) is 37.3 Å². The lowest BCUT2D eigenvalue weighted by Crippen LogP contribution is -2.19. The van der Waals surface area contributed by atoms with Crippen LogP contribution in [0.15, 0.2) is 18.2 Å². The third-order valence-electron chi connectivity index (χ3n) is 3.01. The van der Waals surface area contributed by atoms with E-state index in [4.69, 9.17) is 21.4 Å². The second-order valence-corrected chi connectivity index (χ2v) is 4.81. The Labute approximate surface area is 109 Å². The number of halogens is 1. The first-order valence-electron chi connectivity index (χ1n) is 6.08. The molecule has 0 aliphatic rings. The van der Waals surface area contributed by atoms with Gasteiger partial charge in [0, 0.05) is 0 Å². The van der Waals surface area contributed by atoms with Gasteiger partial charge in [0.15, 0.2) is 6.61 Å². The lowest BCUT2D eigenvalue weighted by molar-refractivity contribution is 0.125. The molecular formula is C14H22ClO2+. The Hall–Kier alpha value is -0.730. The first kappa shape index (κ1) is 14.3. The van der Waals surface area contributed by atoms with Gasteiger partial charge in [0.2, 0.25) is 6.10 Å². The van der Waals surface area contributed by atoms with E-state index in [-0.39, 0.29) is 6.10 Å². The van der Waals surface area contributed by atoms with E-state index < -0.39 is 0 Å². The van der Waals surface area contributed by atoms with Gasteiger partial charge < -0.3 is 9.84 Å². The van der Waals surface area contributed by atoms with Gasteiger partial charge >= 0.3 is 0 Å². The predicted octanol–water partition coefficient (Wildman–Crippen LogP) is 3.22. The van der Waals surface area contributed by atoms with Gasteiger partial charge in [-0.05, 0) is 36.5 Å². The molecule has 0 saturated carbocycles. The average molecular weight is 258 g/mol. The van der Waals surface area contributed by atoms with Crippen molar-refractivity contribution in [2.75, 3.05) is 12.5 Å². The first-order chi connectivity index (χ1) is 8.08. The van der Waals surface area contributed by atoms with E-state index in [9.17, 15) is 0 Å². The Balaban J connectivity index is 2.69. The minimum Gasteiger partial charge on any atom is -0.485 e. The Kier molecular flexibility index (Phi) is 5.79. The lowest BCUT2D eigenvalue weighted by Gasteiger charge is -2.14. The fraction of sp³-hybridized carbons (Fsp3) is 0.571. The van der Waals surface area contributed by atoms with Crippen LogP contribution in [0.3, 0.4) is 0 Å². The predicted molar refractivity (Wildman–Crippen MR) is 73.5 cm³/mol. The summed E-state index contributed by atoms with van der Waals surface area (Å²) in [7, 11) is 0. The van der Waals surface area contributed by atoms with Crippen molar-refractivity contribution >= 4 is 11.6 Å². The molecular weight excluding hydrogens is 236 g/mol. The van der Waals surface area contributed by atoms with Crippen LogP contribution in [0.5, 0.6) is 5.75 Å². The molecule has 1 aromatic rings. The number of ether oxygens (including phenoxy) is 1. The van der Waals surface area contributed by atoms with Gasteiger partial charge in [-0.1, -0.05) is 26.0 Å². The molecule has 2 unspecified atom stereocenters. The van der Waals surface area contributed by atoms with E-state index in [1.807, 2.05) is 13.0 Å². The van der Waals surface area contributed by atoms with Gasteiger partial charge in [-0.2, -0.15) is 0 Å². The quantitative estimate of drug-likeness (QED) is 0.569. The van der Waals surface area contributed by atoms with Crippen LogP contribution in [0, 0.1) is 6.92 Å². The summed E-state index contributed by atoms with van der Waals surface area (Å²) in [5, 5.41) is 7.52. The second-order valence-electron chi connectivity index (χ2n) is 4.50. The highest BCUT2D eigenvalue weighted by Crippen LogP contribution is 2.25. The third kappa shape index (κ3) is 4.21. The number of benzene rings is 1. The number of hydrogen-bond donors (Lipinski definition) is 0. The van der Waals surface area contributed by atoms with Crippen molar-refractivity contribution in [3.63, 3.8) is 0 Å². The van der Waals surface area contributed by atoms with Crippen molar-refractivity contribution < 1.29 is 9.84 Å². The van der Waals surface area contributed by atoms with Gasteiger partial charge in [0.1, 0.15) is 5.75 Å². The van der Waals surface area contributed by atoms with Crippen LogP contribution in [-0.4, -0.2) is 23.7 Å². The van der Waals surface area contributed by atoms with E-state index in [0.717, 1.165) is 17.7 Å². The van der Waals surface area contributed by atoms with Crippen molar-refractivity contribution in [1.29, 1.82) is 0 Å². The summed E-state index contributed by atoms with van der Waals surface area (Å²) in [6.07, 6.45) is 0.783. The number of hydrogen-bond acceptors (Lipinski definition) is 1. The summed E-state index contributed by atoms with van der Waals surface area (Å²) < 4.78 is 5.59. The highest BCUT2D eigenvalue weighted by molar-refractivity contribution is 6.18. The first-order valence-corrected chi connectivity index (χ1v) is 6.62. The molecule has 3 heteroatoms. The molecule has 0 fully saturated rings. The van der Waals surface area contributed by atoms with Gasteiger partial charge in [-0.15, -0.1) is 11.6 Å². The summed E-state index contributed by atoms with van der Waals surface area (Å²) >= 11 is 5.58. The molecule has 2 N–H and O–H groups in total. The Bertz CT molecular complexity index is 352. The van der Waals surface area contributed by atoms with Crippen molar-refractivity contribution in [3.8, 4) is 5.75 Å². The fourth-order valence-corrected chi connectivity index (χ4v) is 1.70. The van der Waals surface area contributed by atoms with E-state index in [2.05, 4.69) is 26.0 Å². The Morgan fingerprint density at radius 3 is 2.65 bits per heavy atom. The molecule has 0 amide bonds. The van der Waals surface area contributed by atoms with E-state index >= 15 is 0 Å². The summed E-state index contributed by atoms with van der Waals surface area (Å²) in [4.78, 5) is 0. The van der Waals surface area contributed by atoms with Crippen LogP contribution in [-0.2, 0) is 0 Å². The molecule has 0 bridgehead atoms. The average Bonchev–Trinajstić information content (AvgIpc) is 2.35. The van der Waals surface area contributed by atoms with E-state index in [1.54, 1.807) is 0 Å². The maximum atomic E-state index is 7.52. The third-order valence-corrected chi connectivity index (χ3v) is 3.38. The molecule has 0 aliphatic heterocycles. The molecule has 0 aliphatic carbocycles. The topological polar surface area (TPSA) is 32.1 Å². The van der Waals surface area contributed by atoms with E-state index in [0.29, 0.717) is 18.4 Å². The normalized spacial score (nSPS) is 14.4. The summed E-state index contributed by atoms with van der Waals surface area (Å²) in [5.41, 5.74) is 2.47. The largest absolute Gasteiger partial charge is 0.485 e. The smallest absolute Gasteiger partial charge is 0.202 e. The standard InChI is InChI=1S/C14H21ClO2/c1-4-10(2)12-5-6-14(11(3)7-12)17-9-13(16)8-15/h5-7,10,13,16H,4,8-9H2,1-3H3/p+1. The molecule has 0 spiro atoms. The molecule has 0 heterocycles. The molecule has 2 atom stereocenters. The monoisotopic (exact) mass is 257 g/mol. The Morgan fingerprint density at radius 1 is 1.41 bits per heavy atom. The maximum absolute atomic E-state index is 7.52. The fourth-order valence-electron chi connectivity index (χ4n) is 1.61. The summed E-state index contributed by atoms with van der Waals surface area (Å²) in [5.74, 6) is 1.75. The minimum atomic E-state index is -0.356. The summed E-state index contributed by atoms with van der Waals surface area (Å²) in [6, 6.07) is 6.27. The van der Waals surface area contributed by atoms with Crippen LogP contribution in [0.4, 0.5) is 0 Å². The SMILES string of the molecule is CCC(C)c1ccc(OCC([OH2+])CCl)c(C)c1.